The van der Waals surface area contributed by atoms with Gasteiger partial charge in [-0.15, -0.1) is 0 Å². The van der Waals surface area contributed by atoms with E-state index in [1.807, 2.05) is 30.3 Å². The maximum Gasteiger partial charge on any atom is 0.258 e. The molecular formula is C20H30N2O3. The molecule has 1 saturated heterocycles. The fourth-order valence-electron chi connectivity index (χ4n) is 3.95. The van der Waals surface area contributed by atoms with Gasteiger partial charge >= 0.3 is 0 Å². The van der Waals surface area contributed by atoms with E-state index in [9.17, 15) is 9.90 Å². The second kappa shape index (κ2) is 8.68. The van der Waals surface area contributed by atoms with Gasteiger partial charge < -0.3 is 20.1 Å². The first-order chi connectivity index (χ1) is 12.1. The molecule has 0 aromatic heterocycles. The highest BCUT2D eigenvalue weighted by molar-refractivity contribution is 5.77. The zero-order valence-corrected chi connectivity index (χ0v) is 15.0. The molecule has 2 fully saturated rings. The van der Waals surface area contributed by atoms with E-state index in [1.54, 1.807) is 0 Å². The third-order valence-corrected chi connectivity index (χ3v) is 5.37. The van der Waals surface area contributed by atoms with Gasteiger partial charge in [0.2, 0.25) is 0 Å². The molecule has 1 heterocycles. The Morgan fingerprint density at radius 2 is 1.84 bits per heavy atom. The average molecular weight is 346 g/mol. The van der Waals surface area contributed by atoms with Crippen LogP contribution in [-0.4, -0.2) is 53.8 Å². The van der Waals surface area contributed by atoms with Gasteiger partial charge in [0.15, 0.2) is 6.61 Å². The second-order valence-electron chi connectivity index (χ2n) is 7.50. The van der Waals surface area contributed by atoms with Gasteiger partial charge in [-0.3, -0.25) is 4.79 Å². The molecule has 2 aliphatic rings. The minimum Gasteiger partial charge on any atom is -0.484 e. The lowest BCUT2D eigenvalue weighted by Gasteiger charge is -2.40. The number of carbonyl (C=O) groups excluding carboxylic acids is 1. The van der Waals surface area contributed by atoms with Gasteiger partial charge in [-0.1, -0.05) is 37.5 Å². The Labute approximate surface area is 150 Å². The largest absolute Gasteiger partial charge is 0.484 e. The number of nitrogens with one attached hydrogen (secondary N) is 1. The standard InChI is InChI=1S/C20H30N2O3/c23-19(15-25-18-7-3-1-4-8-18)21-17-9-13-22(14-10-17)16-20(24)11-5-2-6-12-20/h1,3-4,7-8,17,24H,2,5-6,9-16H2,(H,21,23). The third kappa shape index (κ3) is 5.72. The maximum atomic E-state index is 12.0. The molecule has 138 valence electrons. The van der Waals surface area contributed by atoms with E-state index in [0.29, 0.717) is 5.75 Å². The molecule has 1 saturated carbocycles. The highest BCUT2D eigenvalue weighted by atomic mass is 16.5. The average Bonchev–Trinajstić information content (AvgIpc) is 2.63. The van der Waals surface area contributed by atoms with E-state index in [2.05, 4.69) is 10.2 Å². The summed E-state index contributed by atoms with van der Waals surface area (Å²) in [4.78, 5) is 14.4. The van der Waals surface area contributed by atoms with Gasteiger partial charge in [0.05, 0.1) is 5.60 Å². The van der Waals surface area contributed by atoms with E-state index in [4.69, 9.17) is 4.74 Å². The highest BCUT2D eigenvalue weighted by Crippen LogP contribution is 2.29. The van der Waals surface area contributed by atoms with Crippen LogP contribution in [0.25, 0.3) is 0 Å². The predicted molar refractivity (Wildman–Crippen MR) is 97.6 cm³/mol. The number of β-amino-alcohol motifs (C(OH)–C–C–N with tert-alkyl or cyclic N) is 1. The monoisotopic (exact) mass is 346 g/mol. The fourth-order valence-corrected chi connectivity index (χ4v) is 3.95. The molecule has 1 aromatic carbocycles. The first-order valence-corrected chi connectivity index (χ1v) is 9.55. The SMILES string of the molecule is O=C(COc1ccccc1)NC1CCN(CC2(O)CCCCC2)CC1. The van der Waals surface area contributed by atoms with Crippen molar-refractivity contribution in [3.8, 4) is 5.75 Å². The van der Waals surface area contributed by atoms with Crippen molar-refractivity contribution in [3.05, 3.63) is 30.3 Å². The maximum absolute atomic E-state index is 12.0. The summed E-state index contributed by atoms with van der Waals surface area (Å²) < 4.78 is 5.49. The molecule has 0 atom stereocenters. The summed E-state index contributed by atoms with van der Waals surface area (Å²) in [5.74, 6) is 0.654. The van der Waals surface area contributed by atoms with Gasteiger partial charge in [-0.2, -0.15) is 0 Å². The van der Waals surface area contributed by atoms with Crippen LogP contribution in [-0.2, 0) is 4.79 Å². The van der Waals surface area contributed by atoms with Crippen LogP contribution in [0.2, 0.25) is 0 Å². The van der Waals surface area contributed by atoms with Crippen LogP contribution in [0.1, 0.15) is 44.9 Å². The van der Waals surface area contributed by atoms with Gasteiger partial charge in [0, 0.05) is 25.7 Å². The topological polar surface area (TPSA) is 61.8 Å². The number of ether oxygens (including phenoxy) is 1. The molecule has 0 radical (unpaired) electrons. The zero-order valence-electron chi connectivity index (χ0n) is 15.0. The fraction of sp³-hybridized carbons (Fsp3) is 0.650. The Bertz CT molecular complexity index is 535. The molecule has 1 aliphatic carbocycles. The molecule has 0 bridgehead atoms. The number of carbonyl (C=O) groups is 1. The quantitative estimate of drug-likeness (QED) is 0.830. The van der Waals surface area contributed by atoms with Crippen LogP contribution in [0.3, 0.4) is 0 Å². The van der Waals surface area contributed by atoms with E-state index in [1.165, 1.54) is 6.42 Å². The number of nitrogens with zero attached hydrogens (tertiary/aromatic N) is 1. The number of aliphatic hydroxyl groups is 1. The molecule has 1 aliphatic heterocycles. The molecule has 2 N–H and O–H groups in total. The number of amides is 1. The van der Waals surface area contributed by atoms with Gasteiger partial charge in [0.1, 0.15) is 5.75 Å². The molecule has 5 heteroatoms. The number of benzene rings is 1. The summed E-state index contributed by atoms with van der Waals surface area (Å²) in [6, 6.07) is 9.62. The Hall–Kier alpha value is -1.59. The minimum absolute atomic E-state index is 0.0595. The van der Waals surface area contributed by atoms with Crippen molar-refractivity contribution in [2.24, 2.45) is 0 Å². The van der Waals surface area contributed by atoms with Gasteiger partial charge in [0.25, 0.3) is 5.91 Å². The lowest BCUT2D eigenvalue weighted by atomic mass is 9.84. The summed E-state index contributed by atoms with van der Waals surface area (Å²) in [6.45, 7) is 2.72. The number of likely N-dealkylation sites (tertiary alicyclic amines) is 1. The van der Waals surface area contributed by atoms with Crippen molar-refractivity contribution in [1.29, 1.82) is 0 Å². The number of rotatable bonds is 6. The summed E-state index contributed by atoms with van der Waals surface area (Å²) in [6.07, 6.45) is 7.28. The molecule has 1 aromatic rings. The van der Waals surface area contributed by atoms with Crippen molar-refractivity contribution in [2.45, 2.75) is 56.6 Å². The van der Waals surface area contributed by atoms with Crippen molar-refractivity contribution in [2.75, 3.05) is 26.2 Å². The van der Waals surface area contributed by atoms with Crippen LogP contribution in [0.5, 0.6) is 5.75 Å². The molecule has 5 nitrogen and oxygen atoms in total. The molecule has 1 amide bonds. The van der Waals surface area contributed by atoms with E-state index < -0.39 is 5.60 Å². The Kier molecular flexibility index (Phi) is 6.32. The minimum atomic E-state index is -0.488. The number of para-hydroxylation sites is 1. The molecule has 0 unspecified atom stereocenters. The van der Waals surface area contributed by atoms with Crippen LogP contribution in [0.4, 0.5) is 0 Å². The van der Waals surface area contributed by atoms with Crippen LogP contribution < -0.4 is 10.1 Å². The summed E-state index contributed by atoms with van der Waals surface area (Å²) in [5.41, 5.74) is -0.488. The lowest BCUT2D eigenvalue weighted by Crippen LogP contribution is -2.50. The van der Waals surface area contributed by atoms with Gasteiger partial charge in [-0.25, -0.2) is 0 Å². The van der Waals surface area contributed by atoms with E-state index >= 15 is 0 Å². The summed E-state index contributed by atoms with van der Waals surface area (Å²) in [7, 11) is 0. The Morgan fingerprint density at radius 3 is 2.52 bits per heavy atom. The van der Waals surface area contributed by atoms with Crippen LogP contribution >= 0.6 is 0 Å². The highest BCUT2D eigenvalue weighted by Gasteiger charge is 2.32. The molecule has 0 spiro atoms. The second-order valence-corrected chi connectivity index (χ2v) is 7.50. The van der Waals surface area contributed by atoms with Crippen molar-refractivity contribution in [3.63, 3.8) is 0 Å². The number of piperidine rings is 1. The first-order valence-electron chi connectivity index (χ1n) is 9.55. The van der Waals surface area contributed by atoms with E-state index in [0.717, 1.165) is 58.2 Å². The van der Waals surface area contributed by atoms with Crippen molar-refractivity contribution < 1.29 is 14.6 Å². The Balaban J connectivity index is 1.35. The molecule has 3 rings (SSSR count). The predicted octanol–water partition coefficient (Wildman–Crippen LogP) is 2.34. The van der Waals surface area contributed by atoms with E-state index in [-0.39, 0.29) is 18.6 Å². The van der Waals surface area contributed by atoms with Gasteiger partial charge in [-0.05, 0) is 37.8 Å². The molecule has 25 heavy (non-hydrogen) atoms. The number of hydrogen-bond donors (Lipinski definition) is 2. The summed E-state index contributed by atoms with van der Waals surface area (Å²) in [5, 5.41) is 13.8. The Morgan fingerprint density at radius 1 is 1.16 bits per heavy atom. The normalized spacial score (nSPS) is 21.6. The van der Waals surface area contributed by atoms with Crippen molar-refractivity contribution >= 4 is 5.91 Å². The van der Waals surface area contributed by atoms with Crippen molar-refractivity contribution in [1.82, 2.24) is 10.2 Å². The third-order valence-electron chi connectivity index (χ3n) is 5.37. The smallest absolute Gasteiger partial charge is 0.258 e. The zero-order chi connectivity index (χ0) is 17.5. The first kappa shape index (κ1) is 18.2. The lowest BCUT2D eigenvalue weighted by molar-refractivity contribution is -0.124. The number of hydrogen-bond acceptors (Lipinski definition) is 4. The van der Waals surface area contributed by atoms with Crippen LogP contribution in [0.15, 0.2) is 30.3 Å². The molecular weight excluding hydrogens is 316 g/mol. The summed E-state index contributed by atoms with van der Waals surface area (Å²) >= 11 is 0. The van der Waals surface area contributed by atoms with Crippen LogP contribution in [0, 0.1) is 0 Å².